The number of hydrogen-bond acceptors (Lipinski definition) is 5. The maximum Gasteiger partial charge on any atom is 0.416 e. The molecule has 3 aromatic rings. The topological polar surface area (TPSA) is 60.5 Å². The minimum Gasteiger partial charge on any atom is -0.493 e. The van der Waals surface area contributed by atoms with E-state index in [0.29, 0.717) is 17.3 Å². The number of anilines is 1. The van der Waals surface area contributed by atoms with Crippen LogP contribution in [0.5, 0.6) is 11.5 Å². The Kier molecular flexibility index (Phi) is 5.38. The average Bonchev–Trinajstić information content (AvgIpc) is 3.19. The van der Waals surface area contributed by atoms with Gasteiger partial charge in [-0.3, -0.25) is 4.79 Å². The Hall–Kier alpha value is -3.07. The molecule has 0 saturated carbocycles. The Morgan fingerprint density at radius 3 is 2.77 bits per heavy atom. The molecule has 1 aliphatic heterocycles. The van der Waals surface area contributed by atoms with Gasteiger partial charge in [0.15, 0.2) is 11.5 Å². The molecule has 0 bridgehead atoms. The van der Waals surface area contributed by atoms with Crippen molar-refractivity contribution in [2.75, 3.05) is 12.4 Å². The van der Waals surface area contributed by atoms with E-state index in [1.54, 1.807) is 23.7 Å². The molecule has 0 aliphatic carbocycles. The summed E-state index contributed by atoms with van der Waals surface area (Å²) in [6.07, 6.45) is -4.18. The van der Waals surface area contributed by atoms with Crippen molar-refractivity contribution in [3.8, 4) is 11.5 Å². The van der Waals surface area contributed by atoms with Gasteiger partial charge in [-0.15, -0.1) is 11.3 Å². The van der Waals surface area contributed by atoms with E-state index in [1.807, 2.05) is 0 Å². The van der Waals surface area contributed by atoms with Gasteiger partial charge in [-0.1, -0.05) is 24.3 Å². The van der Waals surface area contributed by atoms with Crippen molar-refractivity contribution in [2.24, 2.45) is 0 Å². The highest BCUT2D eigenvalue weighted by molar-refractivity contribution is 7.10. The molecule has 2 heterocycles. The van der Waals surface area contributed by atoms with Crippen LogP contribution in [0.1, 0.15) is 33.9 Å². The highest BCUT2D eigenvalue weighted by atomic mass is 32.1. The minimum absolute atomic E-state index is 0.0365. The molecule has 0 radical (unpaired) electrons. The Morgan fingerprint density at radius 2 is 2.00 bits per heavy atom. The maximum atomic E-state index is 13.2. The number of hydrogen-bond donors (Lipinski definition) is 1. The molecule has 9 heteroatoms. The fraction of sp³-hybridized carbons (Fsp3) is 0.238. The number of amides is 1. The molecular weight excluding hydrogens is 417 g/mol. The van der Waals surface area contributed by atoms with Crippen molar-refractivity contribution in [3.63, 3.8) is 0 Å². The number of thiazole rings is 1. The lowest BCUT2D eigenvalue weighted by atomic mass is 9.91. The molecule has 1 atom stereocenters. The third-order valence-corrected chi connectivity index (χ3v) is 5.80. The number of carbonyl (C=O) groups is 1. The summed E-state index contributed by atoms with van der Waals surface area (Å²) >= 11 is 1.45. The van der Waals surface area contributed by atoms with Crippen LogP contribution in [0.15, 0.2) is 48.0 Å². The average molecular weight is 434 g/mol. The quantitative estimate of drug-likeness (QED) is 0.598. The van der Waals surface area contributed by atoms with Gasteiger partial charge in [0.25, 0.3) is 0 Å². The van der Waals surface area contributed by atoms with Crippen molar-refractivity contribution in [3.05, 3.63) is 69.5 Å². The third-order valence-electron chi connectivity index (χ3n) is 4.85. The minimum atomic E-state index is -4.46. The van der Waals surface area contributed by atoms with E-state index in [2.05, 4.69) is 10.3 Å². The third kappa shape index (κ3) is 3.97. The highest BCUT2D eigenvalue weighted by Crippen LogP contribution is 2.42. The van der Waals surface area contributed by atoms with Gasteiger partial charge in [0.05, 0.1) is 23.1 Å². The summed E-state index contributed by atoms with van der Waals surface area (Å²) in [6, 6.07) is 10.5. The number of nitrogens with zero attached hydrogens (tertiary/aromatic N) is 1. The lowest BCUT2D eigenvalue weighted by Crippen LogP contribution is -2.22. The predicted molar refractivity (Wildman–Crippen MR) is 106 cm³/mol. The number of benzene rings is 2. The second-order valence-electron chi connectivity index (χ2n) is 6.72. The van der Waals surface area contributed by atoms with Gasteiger partial charge in [-0.2, -0.15) is 13.2 Å². The summed E-state index contributed by atoms with van der Waals surface area (Å²) in [6.45, 7) is -0.254. The highest BCUT2D eigenvalue weighted by Gasteiger charge is 2.33. The number of carbonyl (C=O) groups excluding carboxylic acids is 1. The molecule has 4 rings (SSSR count). The molecule has 0 spiro atoms. The van der Waals surface area contributed by atoms with E-state index in [4.69, 9.17) is 9.47 Å². The van der Waals surface area contributed by atoms with E-state index >= 15 is 0 Å². The second kappa shape index (κ2) is 7.98. The van der Waals surface area contributed by atoms with Crippen LogP contribution in [0.3, 0.4) is 0 Å². The smallest absolute Gasteiger partial charge is 0.416 e. The SMILES string of the molecule is COc1cc(C2CC(=O)Nc3ncsc32)ccc1OCc1ccccc1C(F)(F)F. The van der Waals surface area contributed by atoms with Gasteiger partial charge < -0.3 is 14.8 Å². The normalized spacial score (nSPS) is 16.0. The second-order valence-corrected chi connectivity index (χ2v) is 7.61. The number of fused-ring (bicyclic) bond motifs is 1. The van der Waals surface area contributed by atoms with Gasteiger partial charge in [-0.05, 0) is 23.8 Å². The Balaban J connectivity index is 1.59. The van der Waals surface area contributed by atoms with Crippen molar-refractivity contribution in [1.82, 2.24) is 4.98 Å². The van der Waals surface area contributed by atoms with Crippen LogP contribution in [0.25, 0.3) is 0 Å². The van der Waals surface area contributed by atoms with Crippen molar-refractivity contribution < 1.29 is 27.4 Å². The van der Waals surface area contributed by atoms with Crippen LogP contribution in [0.2, 0.25) is 0 Å². The fourth-order valence-corrected chi connectivity index (χ4v) is 4.30. The van der Waals surface area contributed by atoms with E-state index in [-0.39, 0.29) is 30.4 Å². The zero-order chi connectivity index (χ0) is 21.3. The fourth-order valence-electron chi connectivity index (χ4n) is 3.43. The molecule has 156 valence electrons. The van der Waals surface area contributed by atoms with Crippen LogP contribution in [-0.2, 0) is 17.6 Å². The van der Waals surface area contributed by atoms with Crippen LogP contribution in [-0.4, -0.2) is 18.0 Å². The zero-order valence-corrected chi connectivity index (χ0v) is 16.6. The van der Waals surface area contributed by atoms with Crippen LogP contribution < -0.4 is 14.8 Å². The summed E-state index contributed by atoms with van der Waals surface area (Å²) in [5.41, 5.74) is 1.83. The van der Waals surface area contributed by atoms with Crippen molar-refractivity contribution >= 4 is 23.1 Å². The van der Waals surface area contributed by atoms with Crippen LogP contribution in [0, 0.1) is 0 Å². The lowest BCUT2D eigenvalue weighted by Gasteiger charge is -2.23. The molecule has 30 heavy (non-hydrogen) atoms. The molecule has 2 aromatic carbocycles. The first-order chi connectivity index (χ1) is 14.4. The number of ether oxygens (including phenoxy) is 2. The van der Waals surface area contributed by atoms with E-state index in [1.165, 1.54) is 36.6 Å². The summed E-state index contributed by atoms with van der Waals surface area (Å²) in [7, 11) is 1.46. The summed E-state index contributed by atoms with van der Waals surface area (Å²) < 4.78 is 50.6. The van der Waals surface area contributed by atoms with E-state index in [0.717, 1.165) is 16.5 Å². The number of alkyl halides is 3. The predicted octanol–water partition coefficient (Wildman–Crippen LogP) is 5.22. The summed E-state index contributed by atoms with van der Waals surface area (Å²) in [4.78, 5) is 17.1. The van der Waals surface area contributed by atoms with Gasteiger partial charge >= 0.3 is 6.18 Å². The van der Waals surface area contributed by atoms with Crippen LogP contribution in [0.4, 0.5) is 19.0 Å². The molecular formula is C21H17F3N2O3S. The first-order valence-corrected chi connectivity index (χ1v) is 9.94. The van der Waals surface area contributed by atoms with Crippen molar-refractivity contribution in [1.29, 1.82) is 0 Å². The standard InChI is InChI=1S/C21H17F3N2O3S/c1-28-17-8-12(14-9-18(27)26-20-19(14)30-11-25-20)6-7-16(17)29-10-13-4-2-3-5-15(13)21(22,23)24/h2-8,11,14H,9-10H2,1H3,(H,26,27). The molecule has 1 aromatic heterocycles. The van der Waals surface area contributed by atoms with Gasteiger partial charge in [0.2, 0.25) is 5.91 Å². The number of methoxy groups -OCH3 is 1. The molecule has 1 N–H and O–H groups in total. The van der Waals surface area contributed by atoms with E-state index in [9.17, 15) is 18.0 Å². The molecule has 1 aliphatic rings. The Labute approximate surface area is 174 Å². The first-order valence-electron chi connectivity index (χ1n) is 9.06. The Bertz CT molecular complexity index is 1080. The first kappa shape index (κ1) is 20.2. The van der Waals surface area contributed by atoms with Gasteiger partial charge in [0, 0.05) is 17.9 Å². The monoisotopic (exact) mass is 434 g/mol. The van der Waals surface area contributed by atoms with Gasteiger partial charge in [0.1, 0.15) is 12.4 Å². The summed E-state index contributed by atoms with van der Waals surface area (Å²) in [5, 5.41) is 2.75. The number of rotatable bonds is 5. The van der Waals surface area contributed by atoms with Crippen molar-refractivity contribution in [2.45, 2.75) is 25.1 Å². The number of aromatic nitrogens is 1. The molecule has 1 amide bonds. The van der Waals surface area contributed by atoms with Gasteiger partial charge in [-0.25, -0.2) is 4.98 Å². The molecule has 5 nitrogen and oxygen atoms in total. The van der Waals surface area contributed by atoms with Crippen LogP contribution >= 0.6 is 11.3 Å². The van der Waals surface area contributed by atoms with E-state index < -0.39 is 11.7 Å². The molecule has 0 saturated heterocycles. The number of halogens is 3. The number of nitrogens with one attached hydrogen (secondary N) is 1. The largest absolute Gasteiger partial charge is 0.493 e. The molecule has 0 fully saturated rings. The molecule has 1 unspecified atom stereocenters. The zero-order valence-electron chi connectivity index (χ0n) is 15.8. The maximum absolute atomic E-state index is 13.2. The Morgan fingerprint density at radius 1 is 1.20 bits per heavy atom. The lowest BCUT2D eigenvalue weighted by molar-refractivity contribution is -0.138. The summed E-state index contributed by atoms with van der Waals surface area (Å²) in [5.74, 6) is 0.970.